The van der Waals surface area contributed by atoms with Crippen LogP contribution < -0.4 is 5.32 Å². The van der Waals surface area contributed by atoms with Gasteiger partial charge in [0.25, 0.3) is 11.8 Å². The summed E-state index contributed by atoms with van der Waals surface area (Å²) in [5.41, 5.74) is 0.265. The SMILES string of the molecule is CC[C@H]1CCCCN1S(=O)(=O)c1ccc(C(=O)Nc2nnc(C3=COCCO3)o2)cc1. The van der Waals surface area contributed by atoms with Crippen LogP contribution in [-0.2, 0) is 19.5 Å². The van der Waals surface area contributed by atoms with E-state index in [-0.39, 0.29) is 34.2 Å². The average molecular weight is 449 g/mol. The molecular weight excluding hydrogens is 424 g/mol. The van der Waals surface area contributed by atoms with Gasteiger partial charge in [0.2, 0.25) is 15.8 Å². The highest BCUT2D eigenvalue weighted by Gasteiger charge is 2.32. The molecule has 1 fully saturated rings. The standard InChI is InChI=1S/C20H24N4O6S/c1-2-15-5-3-4-10-24(15)31(26,27)16-8-6-14(7-9-16)18(25)21-20-23-22-19(30-20)17-13-28-11-12-29-17/h6-9,13,15H,2-5,10-12H2,1H3,(H,21,23,25)/t15-/m0/s1. The molecule has 1 atom stereocenters. The molecule has 1 N–H and O–H groups in total. The van der Waals surface area contributed by atoms with E-state index in [1.165, 1.54) is 30.5 Å². The molecule has 0 aliphatic carbocycles. The van der Waals surface area contributed by atoms with Gasteiger partial charge in [0.15, 0.2) is 0 Å². The van der Waals surface area contributed by atoms with Gasteiger partial charge in [-0.1, -0.05) is 18.4 Å². The van der Waals surface area contributed by atoms with Gasteiger partial charge in [-0.05, 0) is 43.5 Å². The lowest BCUT2D eigenvalue weighted by Crippen LogP contribution is -2.43. The summed E-state index contributed by atoms with van der Waals surface area (Å²) in [5.74, 6) is -0.126. The molecule has 0 spiro atoms. The maximum Gasteiger partial charge on any atom is 0.322 e. The first kappa shape index (κ1) is 21.3. The molecule has 10 nitrogen and oxygen atoms in total. The molecule has 0 saturated carbocycles. The molecule has 3 heterocycles. The molecule has 1 amide bonds. The number of aromatic nitrogens is 2. The Balaban J connectivity index is 1.45. The number of rotatable bonds is 6. The molecular formula is C20H24N4O6S. The third kappa shape index (κ3) is 4.57. The number of nitrogens with one attached hydrogen (secondary N) is 1. The summed E-state index contributed by atoms with van der Waals surface area (Å²) in [4.78, 5) is 12.7. The van der Waals surface area contributed by atoms with E-state index in [0.717, 1.165) is 25.7 Å². The number of benzene rings is 1. The van der Waals surface area contributed by atoms with Crippen LogP contribution in [0.5, 0.6) is 0 Å². The lowest BCUT2D eigenvalue weighted by atomic mass is 10.0. The Morgan fingerprint density at radius 2 is 2.00 bits per heavy atom. The van der Waals surface area contributed by atoms with Crippen LogP contribution in [0.15, 0.2) is 39.8 Å². The van der Waals surface area contributed by atoms with Gasteiger partial charge in [0.05, 0.1) is 4.90 Å². The van der Waals surface area contributed by atoms with Gasteiger partial charge >= 0.3 is 6.01 Å². The highest BCUT2D eigenvalue weighted by atomic mass is 32.2. The van der Waals surface area contributed by atoms with Gasteiger partial charge < -0.3 is 13.9 Å². The summed E-state index contributed by atoms with van der Waals surface area (Å²) >= 11 is 0. The molecule has 1 aromatic heterocycles. The van der Waals surface area contributed by atoms with Gasteiger partial charge in [-0.3, -0.25) is 10.1 Å². The van der Waals surface area contributed by atoms with Gasteiger partial charge in [-0.15, -0.1) is 5.10 Å². The second kappa shape index (κ2) is 9.06. The molecule has 2 aliphatic heterocycles. The number of hydrogen-bond donors (Lipinski definition) is 1. The highest BCUT2D eigenvalue weighted by Crippen LogP contribution is 2.27. The number of carbonyl (C=O) groups excluding carboxylic acids is 1. The third-order valence-corrected chi connectivity index (χ3v) is 7.24. The van der Waals surface area contributed by atoms with E-state index in [4.69, 9.17) is 13.9 Å². The summed E-state index contributed by atoms with van der Waals surface area (Å²) in [6.07, 6.45) is 4.91. The lowest BCUT2D eigenvalue weighted by Gasteiger charge is -2.34. The van der Waals surface area contributed by atoms with Crippen molar-refractivity contribution >= 4 is 27.7 Å². The van der Waals surface area contributed by atoms with E-state index in [1.54, 1.807) is 4.31 Å². The normalized spacial score (nSPS) is 19.8. The topological polar surface area (TPSA) is 124 Å². The Hall–Kier alpha value is -2.92. The van der Waals surface area contributed by atoms with Crippen molar-refractivity contribution < 1.29 is 27.1 Å². The summed E-state index contributed by atoms with van der Waals surface area (Å²) in [5, 5.41) is 10.1. The van der Waals surface area contributed by atoms with Crippen molar-refractivity contribution in [3.8, 4) is 0 Å². The number of carbonyl (C=O) groups is 1. The smallest absolute Gasteiger partial charge is 0.322 e. The van der Waals surface area contributed by atoms with Gasteiger partial charge in [0, 0.05) is 18.2 Å². The minimum Gasteiger partial charge on any atom is -0.494 e. The predicted octanol–water partition coefficient (Wildman–Crippen LogP) is 2.62. The Labute approximate surface area is 180 Å². The van der Waals surface area contributed by atoms with Crippen molar-refractivity contribution in [2.75, 3.05) is 25.1 Å². The first-order valence-corrected chi connectivity index (χ1v) is 11.6. The largest absolute Gasteiger partial charge is 0.494 e. The Bertz CT molecular complexity index is 1060. The Morgan fingerprint density at radius 1 is 1.19 bits per heavy atom. The summed E-state index contributed by atoms with van der Waals surface area (Å²) in [6.45, 7) is 3.32. The van der Waals surface area contributed by atoms with E-state index >= 15 is 0 Å². The summed E-state index contributed by atoms with van der Waals surface area (Å²) < 4.78 is 43.5. The van der Waals surface area contributed by atoms with Crippen LogP contribution in [0.2, 0.25) is 0 Å². The third-order valence-electron chi connectivity index (χ3n) is 5.27. The fourth-order valence-electron chi connectivity index (χ4n) is 3.64. The fraction of sp³-hybridized carbons (Fsp3) is 0.450. The van der Waals surface area contributed by atoms with Crippen LogP contribution in [0.1, 0.15) is 48.9 Å². The zero-order valence-corrected chi connectivity index (χ0v) is 17.9. The monoisotopic (exact) mass is 448 g/mol. The minimum atomic E-state index is -3.60. The number of ether oxygens (including phenoxy) is 2. The Kier molecular flexibility index (Phi) is 6.23. The quantitative estimate of drug-likeness (QED) is 0.715. The molecule has 0 bridgehead atoms. The van der Waals surface area contributed by atoms with Gasteiger partial charge in [-0.25, -0.2) is 8.42 Å². The van der Waals surface area contributed by atoms with Crippen molar-refractivity contribution in [2.45, 2.75) is 43.5 Å². The van der Waals surface area contributed by atoms with Gasteiger partial charge in [-0.2, -0.15) is 4.31 Å². The lowest BCUT2D eigenvalue weighted by molar-refractivity contribution is 0.102. The van der Waals surface area contributed by atoms with Crippen molar-refractivity contribution in [1.82, 2.24) is 14.5 Å². The number of hydrogen-bond acceptors (Lipinski definition) is 8. The van der Waals surface area contributed by atoms with Crippen LogP contribution in [0.4, 0.5) is 6.01 Å². The molecule has 0 unspecified atom stereocenters. The predicted molar refractivity (Wildman–Crippen MR) is 110 cm³/mol. The number of anilines is 1. The Morgan fingerprint density at radius 3 is 2.71 bits per heavy atom. The van der Waals surface area contributed by atoms with Crippen molar-refractivity contribution in [3.05, 3.63) is 42.0 Å². The van der Waals surface area contributed by atoms with E-state index < -0.39 is 15.9 Å². The maximum atomic E-state index is 13.0. The number of piperidine rings is 1. The minimum absolute atomic E-state index is 0.0158. The first-order valence-electron chi connectivity index (χ1n) is 10.2. The van der Waals surface area contributed by atoms with E-state index in [1.807, 2.05) is 6.92 Å². The van der Waals surface area contributed by atoms with Crippen LogP contribution in [0, 0.1) is 0 Å². The highest BCUT2D eigenvalue weighted by molar-refractivity contribution is 7.89. The van der Waals surface area contributed by atoms with Crippen LogP contribution in [-0.4, -0.2) is 54.6 Å². The zero-order valence-electron chi connectivity index (χ0n) is 17.1. The van der Waals surface area contributed by atoms with E-state index in [9.17, 15) is 13.2 Å². The zero-order chi connectivity index (χ0) is 21.8. The molecule has 0 radical (unpaired) electrons. The second-order valence-corrected chi connectivity index (χ2v) is 9.16. The number of nitrogens with zero attached hydrogens (tertiary/aromatic N) is 3. The number of sulfonamides is 1. The second-order valence-electron chi connectivity index (χ2n) is 7.27. The molecule has 31 heavy (non-hydrogen) atoms. The van der Waals surface area contributed by atoms with E-state index in [2.05, 4.69) is 15.5 Å². The average Bonchev–Trinajstić information content (AvgIpc) is 3.28. The molecule has 2 aliphatic rings. The molecule has 166 valence electrons. The van der Waals surface area contributed by atoms with Crippen molar-refractivity contribution in [3.63, 3.8) is 0 Å². The molecule has 2 aromatic rings. The van der Waals surface area contributed by atoms with Gasteiger partial charge in [0.1, 0.15) is 19.5 Å². The van der Waals surface area contributed by atoms with Crippen LogP contribution in [0.3, 0.4) is 0 Å². The molecule has 4 rings (SSSR count). The van der Waals surface area contributed by atoms with Crippen LogP contribution >= 0.6 is 0 Å². The summed E-state index contributed by atoms with van der Waals surface area (Å²) in [6, 6.07) is 5.73. The fourth-order valence-corrected chi connectivity index (χ4v) is 5.40. The van der Waals surface area contributed by atoms with Crippen molar-refractivity contribution in [2.24, 2.45) is 0 Å². The van der Waals surface area contributed by atoms with E-state index in [0.29, 0.717) is 19.8 Å². The number of amides is 1. The van der Waals surface area contributed by atoms with Crippen molar-refractivity contribution in [1.29, 1.82) is 0 Å². The maximum absolute atomic E-state index is 13.0. The molecule has 11 heteroatoms. The van der Waals surface area contributed by atoms with Crippen LogP contribution in [0.25, 0.3) is 5.76 Å². The summed E-state index contributed by atoms with van der Waals surface area (Å²) in [7, 11) is -3.60. The molecule has 1 aromatic carbocycles. The first-order chi connectivity index (χ1) is 15.0. The molecule has 1 saturated heterocycles.